The fraction of sp³-hybridized carbons (Fsp3) is 0.222. The number of carboxylic acids is 1. The molecule has 0 heterocycles. The number of aromatic hydroxyl groups is 1. The molecule has 0 unspecified atom stereocenters. The van der Waals surface area contributed by atoms with Crippen molar-refractivity contribution in [2.75, 3.05) is 6.54 Å². The van der Waals surface area contributed by atoms with E-state index >= 15 is 0 Å². The molecule has 0 aromatic heterocycles. The van der Waals surface area contributed by atoms with E-state index in [9.17, 15) is 15.0 Å². The standard InChI is InChI=1S/C18H17Cl2NO3.Na/c1-11-9-14(20)10-15(18(11)24)17(21-8-2-3-16(22)23)12-4-6-13(19)7-5-12;/h4-7,9-10,24H,2-3,8H2,1H3,(H,22,23);/q;+1/p-1/b21-17+;. The molecule has 0 aliphatic carbocycles. The van der Waals surface area contributed by atoms with Gasteiger partial charge in [0, 0.05) is 33.7 Å². The molecule has 0 saturated heterocycles. The summed E-state index contributed by atoms with van der Waals surface area (Å²) in [4.78, 5) is 15.0. The van der Waals surface area contributed by atoms with Crippen LogP contribution < -0.4 is 34.7 Å². The third-order valence-electron chi connectivity index (χ3n) is 3.45. The largest absolute Gasteiger partial charge is 1.00 e. The minimum absolute atomic E-state index is 0. The summed E-state index contributed by atoms with van der Waals surface area (Å²) in [6.07, 6.45) is 0.275. The van der Waals surface area contributed by atoms with Crippen molar-refractivity contribution in [3.8, 4) is 5.75 Å². The van der Waals surface area contributed by atoms with Gasteiger partial charge in [-0.25, -0.2) is 0 Å². The Kier molecular flexibility index (Phi) is 8.97. The maximum Gasteiger partial charge on any atom is 1.00 e. The molecule has 0 saturated carbocycles. The molecule has 25 heavy (non-hydrogen) atoms. The molecule has 4 nitrogen and oxygen atoms in total. The van der Waals surface area contributed by atoms with E-state index < -0.39 is 5.97 Å². The third-order valence-corrected chi connectivity index (χ3v) is 3.92. The van der Waals surface area contributed by atoms with Gasteiger partial charge in [0.25, 0.3) is 0 Å². The Morgan fingerprint density at radius 3 is 2.40 bits per heavy atom. The molecule has 0 spiro atoms. The van der Waals surface area contributed by atoms with Gasteiger partial charge in [-0.15, -0.1) is 0 Å². The molecule has 0 aliphatic rings. The minimum atomic E-state index is -1.11. The average molecular weight is 388 g/mol. The van der Waals surface area contributed by atoms with Crippen LogP contribution >= 0.6 is 23.2 Å². The zero-order chi connectivity index (χ0) is 17.7. The van der Waals surface area contributed by atoms with Crippen LogP contribution in [-0.2, 0) is 4.79 Å². The Balaban J connectivity index is 0.00000312. The molecule has 0 radical (unpaired) electrons. The second-order valence-corrected chi connectivity index (χ2v) is 6.20. The first-order chi connectivity index (χ1) is 11.4. The summed E-state index contributed by atoms with van der Waals surface area (Å²) in [5.74, 6) is -1.02. The second kappa shape index (κ2) is 10.2. The van der Waals surface area contributed by atoms with Crippen LogP contribution in [0.15, 0.2) is 41.4 Å². The third kappa shape index (κ3) is 6.32. The molecule has 126 valence electrons. The van der Waals surface area contributed by atoms with E-state index in [1.807, 2.05) is 0 Å². The monoisotopic (exact) mass is 387 g/mol. The quantitative estimate of drug-likeness (QED) is 0.442. The van der Waals surface area contributed by atoms with E-state index in [-0.39, 0.29) is 48.3 Å². The normalized spacial score (nSPS) is 11.1. The van der Waals surface area contributed by atoms with Gasteiger partial charge in [-0.3, -0.25) is 4.99 Å². The number of halogens is 2. The number of aliphatic imine (C=N–C) groups is 1. The number of carboxylic acid groups (broad SMARTS) is 1. The molecule has 2 rings (SSSR count). The number of phenolic OH excluding ortho intramolecular Hbond substituents is 1. The van der Waals surface area contributed by atoms with Crippen molar-refractivity contribution < 1.29 is 44.6 Å². The van der Waals surface area contributed by atoms with Crippen molar-refractivity contribution >= 4 is 34.9 Å². The molecular formula is C18H16Cl2NNaO3. The average Bonchev–Trinajstić information content (AvgIpc) is 2.52. The van der Waals surface area contributed by atoms with Crippen molar-refractivity contribution in [3.05, 3.63) is 63.1 Å². The molecule has 0 atom stereocenters. The number of rotatable bonds is 6. The van der Waals surface area contributed by atoms with E-state index in [0.717, 1.165) is 5.56 Å². The first kappa shape index (κ1) is 22.0. The van der Waals surface area contributed by atoms with Crippen LogP contribution in [0.2, 0.25) is 10.0 Å². The van der Waals surface area contributed by atoms with E-state index in [1.54, 1.807) is 43.3 Å². The van der Waals surface area contributed by atoms with Gasteiger partial charge in [0.15, 0.2) is 0 Å². The molecule has 0 fully saturated rings. The van der Waals surface area contributed by atoms with Crippen molar-refractivity contribution in [2.24, 2.45) is 4.99 Å². The Labute approximate surface area is 178 Å². The number of hydrogen-bond donors (Lipinski definition) is 1. The van der Waals surface area contributed by atoms with Gasteiger partial charge < -0.3 is 15.0 Å². The van der Waals surface area contributed by atoms with Crippen molar-refractivity contribution in [1.82, 2.24) is 0 Å². The number of nitrogens with zero attached hydrogens (tertiary/aromatic N) is 1. The maximum absolute atomic E-state index is 10.5. The predicted octanol–water partition coefficient (Wildman–Crippen LogP) is 0.379. The molecular weight excluding hydrogens is 372 g/mol. The van der Waals surface area contributed by atoms with Crippen molar-refractivity contribution in [2.45, 2.75) is 19.8 Å². The summed E-state index contributed by atoms with van der Waals surface area (Å²) >= 11 is 12.0. The summed E-state index contributed by atoms with van der Waals surface area (Å²) in [6.45, 7) is 2.04. The summed E-state index contributed by atoms with van der Waals surface area (Å²) in [6, 6.07) is 10.3. The van der Waals surface area contributed by atoms with Crippen LogP contribution in [0.25, 0.3) is 0 Å². The summed E-state index contributed by atoms with van der Waals surface area (Å²) in [7, 11) is 0. The van der Waals surface area contributed by atoms with Crippen LogP contribution in [0.4, 0.5) is 0 Å². The summed E-state index contributed by atoms with van der Waals surface area (Å²) < 4.78 is 0. The van der Waals surface area contributed by atoms with Crippen LogP contribution in [0.5, 0.6) is 5.75 Å². The van der Waals surface area contributed by atoms with E-state index in [0.29, 0.717) is 33.3 Å². The number of aliphatic carboxylic acids is 1. The minimum Gasteiger partial charge on any atom is -0.550 e. The Bertz CT molecular complexity index is 777. The number of carbonyl (C=O) groups is 1. The fourth-order valence-corrected chi connectivity index (χ4v) is 2.67. The summed E-state index contributed by atoms with van der Waals surface area (Å²) in [5, 5.41) is 22.0. The predicted molar refractivity (Wildman–Crippen MR) is 94.1 cm³/mol. The fourth-order valence-electron chi connectivity index (χ4n) is 2.27. The SMILES string of the molecule is Cc1cc(Cl)cc(/C(=N/CCCC(=O)[O-])c2ccc(Cl)cc2)c1O.[Na+]. The topological polar surface area (TPSA) is 72.7 Å². The van der Waals surface area contributed by atoms with Crippen LogP contribution in [0.3, 0.4) is 0 Å². The number of benzene rings is 2. The van der Waals surface area contributed by atoms with Gasteiger partial charge in [0.05, 0.1) is 5.71 Å². The Hall–Kier alpha value is -1.04. The number of aryl methyl sites for hydroxylation is 1. The molecule has 1 N–H and O–H groups in total. The van der Waals surface area contributed by atoms with E-state index in [1.165, 1.54) is 0 Å². The van der Waals surface area contributed by atoms with Gasteiger partial charge in [-0.2, -0.15) is 0 Å². The zero-order valence-electron chi connectivity index (χ0n) is 14.1. The first-order valence-electron chi connectivity index (χ1n) is 7.38. The van der Waals surface area contributed by atoms with Gasteiger partial charge >= 0.3 is 29.6 Å². The van der Waals surface area contributed by atoms with Gasteiger partial charge in [-0.05, 0) is 49.6 Å². The Morgan fingerprint density at radius 2 is 1.80 bits per heavy atom. The first-order valence-corrected chi connectivity index (χ1v) is 8.14. The maximum atomic E-state index is 10.5. The van der Waals surface area contributed by atoms with E-state index in [2.05, 4.69) is 4.99 Å². The number of phenols is 1. The molecule has 2 aromatic carbocycles. The molecule has 2 aromatic rings. The molecule has 0 aliphatic heterocycles. The van der Waals surface area contributed by atoms with Gasteiger partial charge in [-0.1, -0.05) is 35.3 Å². The van der Waals surface area contributed by atoms with E-state index in [4.69, 9.17) is 23.2 Å². The Morgan fingerprint density at radius 1 is 1.16 bits per heavy atom. The number of carbonyl (C=O) groups excluding carboxylic acids is 1. The second-order valence-electron chi connectivity index (χ2n) is 5.33. The number of hydrogen-bond acceptors (Lipinski definition) is 4. The molecule has 0 amide bonds. The molecule has 7 heteroatoms. The van der Waals surface area contributed by atoms with Gasteiger partial charge in [0.2, 0.25) is 0 Å². The van der Waals surface area contributed by atoms with Crippen LogP contribution in [0.1, 0.15) is 29.5 Å². The van der Waals surface area contributed by atoms with Crippen molar-refractivity contribution in [3.63, 3.8) is 0 Å². The van der Waals surface area contributed by atoms with Crippen LogP contribution in [-0.4, -0.2) is 23.3 Å². The molecule has 0 bridgehead atoms. The van der Waals surface area contributed by atoms with Crippen molar-refractivity contribution in [1.29, 1.82) is 0 Å². The smallest absolute Gasteiger partial charge is 0.550 e. The van der Waals surface area contributed by atoms with Gasteiger partial charge in [0.1, 0.15) is 5.75 Å². The summed E-state index contributed by atoms with van der Waals surface area (Å²) in [5.41, 5.74) is 2.42. The van der Waals surface area contributed by atoms with Crippen LogP contribution in [0, 0.1) is 6.92 Å². The zero-order valence-corrected chi connectivity index (χ0v) is 17.6.